The second-order valence-electron chi connectivity index (χ2n) is 8.19. The Bertz CT molecular complexity index is 1300. The SMILES string of the molecule is Cc1ccc(-c2cc(C(=O)NCc3cnc(C)cn3)cc(-n3nnnc3C(C)C)c2)c(F)c1. The second kappa shape index (κ2) is 9.23. The Morgan fingerprint density at radius 2 is 1.91 bits per heavy atom. The summed E-state index contributed by atoms with van der Waals surface area (Å²) in [6, 6.07) is 10.1. The Morgan fingerprint density at radius 1 is 1.09 bits per heavy atom. The van der Waals surface area contributed by atoms with E-state index in [4.69, 9.17) is 0 Å². The zero-order valence-electron chi connectivity index (χ0n) is 18.9. The van der Waals surface area contributed by atoms with Gasteiger partial charge in [0.15, 0.2) is 5.82 Å². The van der Waals surface area contributed by atoms with Crippen molar-refractivity contribution < 1.29 is 9.18 Å². The summed E-state index contributed by atoms with van der Waals surface area (Å²) in [6.07, 6.45) is 3.26. The highest BCUT2D eigenvalue weighted by Gasteiger charge is 2.17. The topological polar surface area (TPSA) is 98.5 Å². The van der Waals surface area contributed by atoms with Gasteiger partial charge >= 0.3 is 0 Å². The molecule has 33 heavy (non-hydrogen) atoms. The fourth-order valence-corrected chi connectivity index (χ4v) is 3.40. The molecule has 0 radical (unpaired) electrons. The average molecular weight is 446 g/mol. The van der Waals surface area contributed by atoms with Crippen LogP contribution in [0.1, 0.15) is 52.9 Å². The van der Waals surface area contributed by atoms with Crippen LogP contribution >= 0.6 is 0 Å². The van der Waals surface area contributed by atoms with Gasteiger partial charge in [-0.25, -0.2) is 4.39 Å². The molecular formula is C24H24FN7O. The van der Waals surface area contributed by atoms with Crippen molar-refractivity contribution in [1.29, 1.82) is 0 Å². The van der Waals surface area contributed by atoms with Crippen LogP contribution in [0.25, 0.3) is 16.8 Å². The highest BCUT2D eigenvalue weighted by molar-refractivity contribution is 5.96. The van der Waals surface area contributed by atoms with Gasteiger partial charge in [-0.1, -0.05) is 26.0 Å². The largest absolute Gasteiger partial charge is 0.346 e. The smallest absolute Gasteiger partial charge is 0.251 e. The van der Waals surface area contributed by atoms with Crippen LogP contribution in [0.3, 0.4) is 0 Å². The first-order valence-corrected chi connectivity index (χ1v) is 10.6. The van der Waals surface area contributed by atoms with Gasteiger partial charge < -0.3 is 5.32 Å². The number of rotatable bonds is 6. The van der Waals surface area contributed by atoms with Crippen molar-refractivity contribution in [3.63, 3.8) is 0 Å². The van der Waals surface area contributed by atoms with E-state index >= 15 is 0 Å². The zero-order chi connectivity index (χ0) is 23.5. The van der Waals surface area contributed by atoms with Crippen LogP contribution < -0.4 is 5.32 Å². The molecular weight excluding hydrogens is 421 g/mol. The summed E-state index contributed by atoms with van der Waals surface area (Å²) < 4.78 is 16.4. The van der Waals surface area contributed by atoms with Gasteiger partial charge in [-0.05, 0) is 59.7 Å². The number of benzene rings is 2. The highest BCUT2D eigenvalue weighted by atomic mass is 19.1. The first-order chi connectivity index (χ1) is 15.8. The van der Waals surface area contributed by atoms with Crippen LogP contribution in [0.2, 0.25) is 0 Å². The Hall–Kier alpha value is -4.01. The normalized spacial score (nSPS) is 11.1. The maximum absolute atomic E-state index is 14.8. The highest BCUT2D eigenvalue weighted by Crippen LogP contribution is 2.28. The Kier molecular flexibility index (Phi) is 6.21. The molecule has 4 aromatic rings. The van der Waals surface area contributed by atoms with Gasteiger partial charge in [0.1, 0.15) is 5.82 Å². The van der Waals surface area contributed by atoms with Crippen LogP contribution in [-0.4, -0.2) is 36.1 Å². The Morgan fingerprint density at radius 3 is 2.61 bits per heavy atom. The summed E-state index contributed by atoms with van der Waals surface area (Å²) in [6.45, 7) is 7.83. The predicted molar refractivity (Wildman–Crippen MR) is 121 cm³/mol. The van der Waals surface area contributed by atoms with E-state index in [0.717, 1.165) is 11.3 Å². The molecule has 9 heteroatoms. The monoisotopic (exact) mass is 445 g/mol. The molecule has 0 aliphatic heterocycles. The summed E-state index contributed by atoms with van der Waals surface area (Å²) in [7, 11) is 0. The minimum Gasteiger partial charge on any atom is -0.346 e. The lowest BCUT2D eigenvalue weighted by atomic mass is 9.99. The third-order valence-corrected chi connectivity index (χ3v) is 5.13. The molecule has 4 rings (SSSR count). The zero-order valence-corrected chi connectivity index (χ0v) is 18.9. The van der Waals surface area contributed by atoms with E-state index < -0.39 is 0 Å². The lowest BCUT2D eigenvalue weighted by Crippen LogP contribution is -2.23. The molecule has 1 amide bonds. The summed E-state index contributed by atoms with van der Waals surface area (Å²) in [5.41, 5.74) is 4.11. The number of nitrogens with zero attached hydrogens (tertiary/aromatic N) is 6. The van der Waals surface area contributed by atoms with Gasteiger partial charge in [0.2, 0.25) is 0 Å². The van der Waals surface area contributed by atoms with E-state index in [1.165, 1.54) is 6.07 Å². The molecule has 0 spiro atoms. The van der Waals surface area contributed by atoms with Crippen LogP contribution in [0.5, 0.6) is 0 Å². The molecule has 2 aromatic heterocycles. The second-order valence-corrected chi connectivity index (χ2v) is 8.19. The molecule has 0 saturated heterocycles. The minimum absolute atomic E-state index is 0.0529. The number of halogens is 1. The van der Waals surface area contributed by atoms with Crippen molar-refractivity contribution >= 4 is 5.91 Å². The molecule has 0 aliphatic rings. The predicted octanol–water partition coefficient (Wildman–Crippen LogP) is 3.93. The first kappa shape index (κ1) is 22.2. The molecule has 0 unspecified atom stereocenters. The van der Waals surface area contributed by atoms with E-state index in [9.17, 15) is 9.18 Å². The number of aryl methyl sites for hydroxylation is 2. The van der Waals surface area contributed by atoms with E-state index in [1.807, 2.05) is 33.8 Å². The van der Waals surface area contributed by atoms with Crippen LogP contribution in [-0.2, 0) is 6.54 Å². The third kappa shape index (κ3) is 4.92. The molecule has 2 aromatic carbocycles. The summed E-state index contributed by atoms with van der Waals surface area (Å²) in [5, 5.41) is 14.8. The van der Waals surface area contributed by atoms with Crippen LogP contribution in [0.4, 0.5) is 4.39 Å². The number of hydrogen-bond acceptors (Lipinski definition) is 6. The van der Waals surface area contributed by atoms with Gasteiger partial charge in [0.05, 0.1) is 29.8 Å². The number of hydrogen-bond donors (Lipinski definition) is 1. The van der Waals surface area contributed by atoms with Crippen molar-refractivity contribution in [1.82, 2.24) is 35.5 Å². The van der Waals surface area contributed by atoms with Gasteiger partial charge in [-0.2, -0.15) is 4.68 Å². The molecule has 0 atom stereocenters. The number of carbonyl (C=O) groups excluding carboxylic acids is 1. The maximum Gasteiger partial charge on any atom is 0.251 e. The molecule has 8 nitrogen and oxygen atoms in total. The third-order valence-electron chi connectivity index (χ3n) is 5.13. The summed E-state index contributed by atoms with van der Waals surface area (Å²) in [5.74, 6) is -0.00336. The van der Waals surface area contributed by atoms with Gasteiger partial charge in [-0.15, -0.1) is 5.10 Å². The molecule has 0 fully saturated rings. The van der Waals surface area contributed by atoms with Crippen molar-refractivity contribution in [2.24, 2.45) is 0 Å². The van der Waals surface area contributed by atoms with Crippen LogP contribution in [0.15, 0.2) is 48.8 Å². The Balaban J connectivity index is 1.74. The van der Waals surface area contributed by atoms with Crippen molar-refractivity contribution in [2.45, 2.75) is 40.2 Å². The van der Waals surface area contributed by atoms with Crippen LogP contribution in [0, 0.1) is 19.7 Å². The van der Waals surface area contributed by atoms with E-state index in [1.54, 1.807) is 41.3 Å². The Labute approximate surface area is 190 Å². The van der Waals surface area contributed by atoms with Crippen molar-refractivity contribution in [2.75, 3.05) is 0 Å². The number of carbonyl (C=O) groups is 1. The maximum atomic E-state index is 14.8. The van der Waals surface area contributed by atoms with E-state index in [-0.39, 0.29) is 24.2 Å². The fourth-order valence-electron chi connectivity index (χ4n) is 3.40. The van der Waals surface area contributed by atoms with Crippen molar-refractivity contribution in [3.05, 3.63) is 82.9 Å². The van der Waals surface area contributed by atoms with Crippen molar-refractivity contribution in [3.8, 4) is 16.8 Å². The van der Waals surface area contributed by atoms with E-state index in [0.29, 0.717) is 33.9 Å². The molecule has 2 heterocycles. The first-order valence-electron chi connectivity index (χ1n) is 10.6. The molecule has 0 aliphatic carbocycles. The standard InChI is InChI=1S/C24H24FN7O/c1-14(2)23-29-30-31-32(23)20-9-17(21-6-5-15(3)7-22(21)25)8-18(10-20)24(33)28-13-19-12-26-16(4)11-27-19/h5-12,14H,13H2,1-4H3,(H,28,33). The quantitative estimate of drug-likeness (QED) is 0.483. The average Bonchev–Trinajstić information content (AvgIpc) is 3.29. The van der Waals surface area contributed by atoms with Gasteiger partial charge in [-0.3, -0.25) is 14.8 Å². The number of nitrogens with one attached hydrogen (secondary N) is 1. The van der Waals surface area contributed by atoms with Gasteiger partial charge in [0, 0.05) is 23.2 Å². The van der Waals surface area contributed by atoms with E-state index in [2.05, 4.69) is 30.8 Å². The van der Waals surface area contributed by atoms with Gasteiger partial charge in [0.25, 0.3) is 5.91 Å². The molecule has 1 N–H and O–H groups in total. The number of amides is 1. The summed E-state index contributed by atoms with van der Waals surface area (Å²) >= 11 is 0. The lowest BCUT2D eigenvalue weighted by molar-refractivity contribution is 0.0950. The molecule has 168 valence electrons. The minimum atomic E-state index is -0.366. The fraction of sp³-hybridized carbons (Fsp3) is 0.250. The summed E-state index contributed by atoms with van der Waals surface area (Å²) in [4.78, 5) is 21.5. The number of aromatic nitrogens is 6. The molecule has 0 bridgehead atoms. The lowest BCUT2D eigenvalue weighted by Gasteiger charge is -2.13. The number of tetrazole rings is 1. The molecule has 0 saturated carbocycles.